The van der Waals surface area contributed by atoms with Gasteiger partial charge in [0.15, 0.2) is 0 Å². The van der Waals surface area contributed by atoms with Crippen molar-refractivity contribution >= 4 is 61.3 Å². The Morgan fingerprint density at radius 3 is 2.60 bits per heavy atom. The van der Waals surface area contributed by atoms with Crippen molar-refractivity contribution in [2.45, 2.75) is 11.8 Å². The van der Waals surface area contributed by atoms with Gasteiger partial charge in [-0.2, -0.15) is 0 Å². The first kappa shape index (κ1) is 20.7. The lowest BCUT2D eigenvalue weighted by Gasteiger charge is -2.13. The van der Waals surface area contributed by atoms with E-state index in [-0.39, 0.29) is 10.8 Å². The molecule has 0 aliphatic carbocycles. The fourth-order valence-corrected chi connectivity index (χ4v) is 5.12. The third-order valence-corrected chi connectivity index (χ3v) is 7.60. The topological polar surface area (TPSA) is 92.5 Å². The maximum Gasteiger partial charge on any atom is 0.263 e. The standard InChI is InChI=1S/C20H17N3O4S3/c1-11-6-14(30(25,26)23(2)3)4-5-15(11)16-10-21-9-12-7-13(27-18(12)16)8-17-19(24)22-20(28)29-17/h4-10H,1-3H3,(H,22,24,28)/b17-8-. The molecule has 1 aliphatic heterocycles. The van der Waals surface area contributed by atoms with Crippen LogP contribution in [0.1, 0.15) is 11.3 Å². The van der Waals surface area contributed by atoms with Crippen molar-refractivity contribution in [2.75, 3.05) is 14.1 Å². The molecule has 1 amide bonds. The van der Waals surface area contributed by atoms with Gasteiger partial charge < -0.3 is 9.73 Å². The molecule has 0 unspecified atom stereocenters. The number of sulfonamides is 1. The van der Waals surface area contributed by atoms with Crippen LogP contribution in [-0.2, 0) is 14.8 Å². The van der Waals surface area contributed by atoms with Crippen LogP contribution in [0.4, 0.5) is 0 Å². The van der Waals surface area contributed by atoms with E-state index in [1.165, 1.54) is 30.2 Å². The Labute approximate surface area is 183 Å². The highest BCUT2D eigenvalue weighted by atomic mass is 32.2. The highest BCUT2D eigenvalue weighted by molar-refractivity contribution is 8.26. The molecule has 3 aromatic rings. The van der Waals surface area contributed by atoms with Crippen molar-refractivity contribution in [2.24, 2.45) is 0 Å². The van der Waals surface area contributed by atoms with Crippen molar-refractivity contribution in [3.05, 3.63) is 52.9 Å². The minimum Gasteiger partial charge on any atom is -0.456 e. The number of rotatable bonds is 4. The fraction of sp³-hybridized carbons (Fsp3) is 0.150. The maximum atomic E-state index is 12.4. The van der Waals surface area contributed by atoms with Crippen LogP contribution in [0.3, 0.4) is 0 Å². The zero-order valence-corrected chi connectivity index (χ0v) is 18.7. The Morgan fingerprint density at radius 1 is 1.20 bits per heavy atom. The van der Waals surface area contributed by atoms with Crippen molar-refractivity contribution in [3.63, 3.8) is 0 Å². The third kappa shape index (κ3) is 3.67. The summed E-state index contributed by atoms with van der Waals surface area (Å²) in [7, 11) is -0.529. The number of thiocarbonyl (C=S) groups is 1. The summed E-state index contributed by atoms with van der Waals surface area (Å²) in [5.41, 5.74) is 2.93. The summed E-state index contributed by atoms with van der Waals surface area (Å²) in [6.45, 7) is 1.84. The van der Waals surface area contributed by atoms with E-state index in [4.69, 9.17) is 16.6 Å². The lowest BCUT2D eigenvalue weighted by molar-refractivity contribution is -0.115. The predicted octanol–water partition coefficient (Wildman–Crippen LogP) is 3.54. The minimum absolute atomic E-state index is 0.221. The SMILES string of the molecule is Cc1cc(S(=O)(=O)N(C)C)ccc1-c1cncc2cc(/C=C3\SC(=S)NC3=O)oc12. The zero-order valence-electron chi connectivity index (χ0n) is 16.3. The monoisotopic (exact) mass is 459 g/mol. The highest BCUT2D eigenvalue weighted by Gasteiger charge is 2.23. The van der Waals surface area contributed by atoms with Crippen molar-refractivity contribution in [1.29, 1.82) is 0 Å². The molecule has 4 rings (SSSR count). The van der Waals surface area contributed by atoms with Gasteiger partial charge >= 0.3 is 0 Å². The van der Waals surface area contributed by atoms with E-state index < -0.39 is 10.0 Å². The molecular weight excluding hydrogens is 442 g/mol. The average Bonchev–Trinajstić information content (AvgIpc) is 3.23. The molecule has 10 heteroatoms. The Bertz CT molecular complexity index is 1340. The number of hydrogen-bond donors (Lipinski definition) is 1. The van der Waals surface area contributed by atoms with Crippen LogP contribution in [0, 0.1) is 6.92 Å². The average molecular weight is 460 g/mol. The third-order valence-electron chi connectivity index (χ3n) is 4.62. The number of carbonyl (C=O) groups excluding carboxylic acids is 1. The van der Waals surface area contributed by atoms with E-state index in [9.17, 15) is 13.2 Å². The molecule has 0 atom stereocenters. The summed E-state index contributed by atoms with van der Waals surface area (Å²) in [5, 5.41) is 3.34. The molecule has 1 aromatic carbocycles. The molecule has 1 fully saturated rings. The number of aryl methyl sites for hydroxylation is 1. The summed E-state index contributed by atoms with van der Waals surface area (Å²) < 4.78 is 32.4. The molecule has 0 saturated carbocycles. The number of amides is 1. The van der Waals surface area contributed by atoms with Crippen LogP contribution in [0.5, 0.6) is 0 Å². The summed E-state index contributed by atoms with van der Waals surface area (Å²) >= 11 is 6.19. The lowest BCUT2D eigenvalue weighted by atomic mass is 10.0. The number of hydrogen-bond acceptors (Lipinski definition) is 7. The fourth-order valence-electron chi connectivity index (χ4n) is 3.11. The van der Waals surface area contributed by atoms with Gasteiger partial charge in [0.1, 0.15) is 15.7 Å². The molecule has 1 saturated heterocycles. The molecule has 2 aromatic heterocycles. The second-order valence-corrected chi connectivity index (χ2v) is 10.7. The van der Waals surface area contributed by atoms with Gasteiger partial charge in [-0.3, -0.25) is 9.78 Å². The first-order valence-corrected chi connectivity index (χ1v) is 11.5. The summed E-state index contributed by atoms with van der Waals surface area (Å²) in [4.78, 5) is 16.9. The number of carbonyl (C=O) groups is 1. The van der Waals surface area contributed by atoms with Gasteiger partial charge in [0, 0.05) is 43.5 Å². The Morgan fingerprint density at radius 2 is 1.97 bits per heavy atom. The zero-order chi connectivity index (χ0) is 21.6. The number of nitrogens with zero attached hydrogens (tertiary/aromatic N) is 2. The molecule has 3 heterocycles. The van der Waals surface area contributed by atoms with Gasteiger partial charge in [0.2, 0.25) is 10.0 Å². The van der Waals surface area contributed by atoms with Crippen LogP contribution in [-0.4, -0.2) is 42.0 Å². The smallest absolute Gasteiger partial charge is 0.263 e. The van der Waals surface area contributed by atoms with E-state index in [0.29, 0.717) is 20.6 Å². The second kappa shape index (κ2) is 7.62. The number of furan rings is 1. The molecule has 0 bridgehead atoms. The van der Waals surface area contributed by atoms with Gasteiger partial charge in [0.25, 0.3) is 5.91 Å². The number of nitrogens with one attached hydrogen (secondary N) is 1. The largest absolute Gasteiger partial charge is 0.456 e. The highest BCUT2D eigenvalue weighted by Crippen LogP contribution is 2.35. The summed E-state index contributed by atoms with van der Waals surface area (Å²) in [6, 6.07) is 6.76. The molecule has 7 nitrogen and oxygen atoms in total. The van der Waals surface area contributed by atoms with Gasteiger partial charge in [0.05, 0.1) is 9.80 Å². The molecule has 154 valence electrons. The molecule has 1 aliphatic rings. The number of fused-ring (bicyclic) bond motifs is 1. The number of aromatic nitrogens is 1. The number of benzene rings is 1. The van der Waals surface area contributed by atoms with Gasteiger partial charge in [-0.15, -0.1) is 0 Å². The number of thioether (sulfide) groups is 1. The van der Waals surface area contributed by atoms with E-state index in [1.54, 1.807) is 42.7 Å². The molecule has 30 heavy (non-hydrogen) atoms. The van der Waals surface area contributed by atoms with Gasteiger partial charge in [-0.25, -0.2) is 12.7 Å². The van der Waals surface area contributed by atoms with Crippen molar-refractivity contribution < 1.29 is 17.6 Å². The van der Waals surface area contributed by atoms with Crippen LogP contribution < -0.4 is 5.32 Å². The molecule has 0 radical (unpaired) electrons. The van der Waals surface area contributed by atoms with Crippen molar-refractivity contribution in [3.8, 4) is 11.1 Å². The lowest BCUT2D eigenvalue weighted by Crippen LogP contribution is -2.22. The van der Waals surface area contributed by atoms with Gasteiger partial charge in [-0.1, -0.05) is 30.0 Å². The summed E-state index contributed by atoms with van der Waals surface area (Å²) in [5.74, 6) is 0.253. The quantitative estimate of drug-likeness (QED) is 0.471. The van der Waals surface area contributed by atoms with E-state index in [2.05, 4.69) is 10.3 Å². The molecular formula is C20H17N3O4S3. The van der Waals surface area contributed by atoms with E-state index in [1.807, 2.05) is 6.92 Å². The van der Waals surface area contributed by atoms with Crippen LogP contribution in [0.2, 0.25) is 0 Å². The second-order valence-electron chi connectivity index (χ2n) is 6.87. The van der Waals surface area contributed by atoms with Crippen LogP contribution >= 0.6 is 24.0 Å². The Balaban J connectivity index is 1.79. The van der Waals surface area contributed by atoms with Gasteiger partial charge in [-0.05, 0) is 36.2 Å². The first-order chi connectivity index (χ1) is 14.2. The normalized spacial score (nSPS) is 16.1. The van der Waals surface area contributed by atoms with E-state index in [0.717, 1.165) is 22.1 Å². The van der Waals surface area contributed by atoms with Crippen LogP contribution in [0.15, 0.2) is 50.9 Å². The van der Waals surface area contributed by atoms with Crippen molar-refractivity contribution in [1.82, 2.24) is 14.6 Å². The molecule has 0 spiro atoms. The van der Waals surface area contributed by atoms with Crippen LogP contribution in [0.25, 0.3) is 28.2 Å². The Hall–Kier alpha value is -2.53. The van der Waals surface area contributed by atoms with E-state index >= 15 is 0 Å². The maximum absolute atomic E-state index is 12.4. The predicted molar refractivity (Wildman–Crippen MR) is 121 cm³/mol. The summed E-state index contributed by atoms with van der Waals surface area (Å²) in [6.07, 6.45) is 5.00. The first-order valence-electron chi connectivity index (χ1n) is 8.83. The minimum atomic E-state index is -3.52. The molecule has 1 N–H and O–H groups in total. The Kier molecular flexibility index (Phi) is 5.27. The number of pyridine rings is 1.